The third-order valence-corrected chi connectivity index (χ3v) is 6.86. The average Bonchev–Trinajstić information content (AvgIpc) is 3.53. The van der Waals surface area contributed by atoms with E-state index in [2.05, 4.69) is 20.2 Å². The average molecular weight is 438 g/mol. The molecule has 0 aliphatic carbocycles. The number of rotatable bonds is 5. The van der Waals surface area contributed by atoms with Crippen LogP contribution in [-0.2, 0) is 10.0 Å². The molecular weight excluding hydrogens is 420 g/mol. The van der Waals surface area contributed by atoms with Gasteiger partial charge in [-0.3, -0.25) is 4.98 Å². The molecule has 0 radical (unpaired) electrons. The summed E-state index contributed by atoms with van der Waals surface area (Å²) in [7, 11) is -3.56. The topological polar surface area (TPSA) is 118 Å². The molecule has 0 unspecified atom stereocenters. The normalized spacial score (nSPS) is 15.3. The first-order valence-electron chi connectivity index (χ1n) is 9.60. The summed E-state index contributed by atoms with van der Waals surface area (Å²) in [5, 5.41) is 8.18. The summed E-state index contributed by atoms with van der Waals surface area (Å²) in [6.45, 7) is 1.62. The standard InChI is InChI=1S/C20H18N6O4S/c27-31(28,16-6-11-29-14-16)26-9-7-25(8-10-26)18-13-21-12-17(22-18)20-24-23-19(30-20)15-4-2-1-3-5-15/h1-6,11-14H,7-10H2. The lowest BCUT2D eigenvalue weighted by atomic mass is 10.2. The van der Waals surface area contributed by atoms with Crippen molar-refractivity contribution in [1.29, 1.82) is 0 Å². The fourth-order valence-electron chi connectivity index (χ4n) is 3.34. The van der Waals surface area contributed by atoms with Crippen LogP contribution in [0.25, 0.3) is 23.0 Å². The van der Waals surface area contributed by atoms with E-state index in [-0.39, 0.29) is 10.8 Å². The number of nitrogens with zero attached hydrogens (tertiary/aromatic N) is 6. The van der Waals surface area contributed by atoms with Crippen LogP contribution in [0.3, 0.4) is 0 Å². The van der Waals surface area contributed by atoms with Gasteiger partial charge >= 0.3 is 0 Å². The number of aromatic nitrogens is 4. The van der Waals surface area contributed by atoms with Crippen molar-refractivity contribution in [2.45, 2.75) is 4.90 Å². The zero-order valence-corrected chi connectivity index (χ0v) is 17.1. The smallest absolute Gasteiger partial charge is 0.268 e. The maximum Gasteiger partial charge on any atom is 0.268 e. The molecule has 10 nitrogen and oxygen atoms in total. The van der Waals surface area contributed by atoms with E-state index in [1.54, 1.807) is 12.4 Å². The second-order valence-electron chi connectivity index (χ2n) is 6.89. The zero-order valence-electron chi connectivity index (χ0n) is 16.3. The summed E-state index contributed by atoms with van der Waals surface area (Å²) < 4.78 is 37.4. The highest BCUT2D eigenvalue weighted by Gasteiger charge is 2.30. The third-order valence-electron chi connectivity index (χ3n) is 4.98. The monoisotopic (exact) mass is 438 g/mol. The molecule has 1 fully saturated rings. The number of anilines is 1. The van der Waals surface area contributed by atoms with Gasteiger partial charge in [-0.1, -0.05) is 18.2 Å². The number of piperazine rings is 1. The summed E-state index contributed by atoms with van der Waals surface area (Å²) in [4.78, 5) is 11.0. The van der Waals surface area contributed by atoms with Crippen molar-refractivity contribution >= 4 is 15.8 Å². The molecule has 158 valence electrons. The van der Waals surface area contributed by atoms with Gasteiger partial charge in [-0.25, -0.2) is 13.4 Å². The van der Waals surface area contributed by atoms with Gasteiger partial charge in [-0.15, -0.1) is 10.2 Å². The molecule has 1 aliphatic rings. The van der Waals surface area contributed by atoms with Crippen LogP contribution in [0, 0.1) is 0 Å². The minimum absolute atomic E-state index is 0.161. The third kappa shape index (κ3) is 3.80. The van der Waals surface area contributed by atoms with Gasteiger partial charge in [0.05, 0.1) is 18.7 Å². The Bertz CT molecular complexity index is 1270. The largest absolute Gasteiger partial charge is 0.471 e. The fraction of sp³-hybridized carbons (Fsp3) is 0.200. The Balaban J connectivity index is 1.31. The summed E-state index contributed by atoms with van der Waals surface area (Å²) in [6, 6.07) is 10.9. The van der Waals surface area contributed by atoms with Gasteiger partial charge in [0, 0.05) is 31.7 Å². The van der Waals surface area contributed by atoms with Crippen LogP contribution in [0.5, 0.6) is 0 Å². The van der Waals surface area contributed by atoms with Gasteiger partial charge in [0.2, 0.25) is 15.9 Å². The molecule has 3 aromatic heterocycles. The highest BCUT2D eigenvalue weighted by Crippen LogP contribution is 2.24. The minimum Gasteiger partial charge on any atom is -0.471 e. The molecule has 1 aromatic carbocycles. The van der Waals surface area contributed by atoms with E-state index in [1.807, 2.05) is 35.2 Å². The van der Waals surface area contributed by atoms with Gasteiger partial charge in [-0.05, 0) is 18.2 Å². The molecular formula is C20H18N6O4S. The van der Waals surface area contributed by atoms with E-state index in [9.17, 15) is 8.42 Å². The summed E-state index contributed by atoms with van der Waals surface area (Å²) in [5.74, 6) is 1.30. The lowest BCUT2D eigenvalue weighted by molar-refractivity contribution is 0.383. The Morgan fingerprint density at radius 3 is 2.42 bits per heavy atom. The second kappa shape index (κ2) is 7.93. The highest BCUT2D eigenvalue weighted by atomic mass is 32.2. The van der Waals surface area contributed by atoms with Crippen molar-refractivity contribution in [2.75, 3.05) is 31.1 Å². The van der Waals surface area contributed by atoms with E-state index in [1.165, 1.54) is 22.9 Å². The highest BCUT2D eigenvalue weighted by molar-refractivity contribution is 7.89. The first-order chi connectivity index (χ1) is 15.1. The van der Waals surface area contributed by atoms with Crippen molar-refractivity contribution in [1.82, 2.24) is 24.5 Å². The second-order valence-corrected chi connectivity index (χ2v) is 8.83. The van der Waals surface area contributed by atoms with E-state index in [0.29, 0.717) is 43.6 Å². The van der Waals surface area contributed by atoms with Crippen LogP contribution in [0.15, 0.2) is 75.0 Å². The summed E-state index contributed by atoms with van der Waals surface area (Å²) in [6.07, 6.45) is 5.79. The molecule has 5 rings (SSSR count). The first kappa shape index (κ1) is 19.4. The van der Waals surface area contributed by atoms with Gasteiger partial charge in [-0.2, -0.15) is 4.31 Å². The summed E-state index contributed by atoms with van der Waals surface area (Å²) >= 11 is 0. The maximum atomic E-state index is 12.6. The van der Waals surface area contributed by atoms with E-state index in [4.69, 9.17) is 8.83 Å². The summed E-state index contributed by atoms with van der Waals surface area (Å²) in [5.41, 5.74) is 1.28. The number of hydrogen-bond donors (Lipinski definition) is 0. The van der Waals surface area contributed by atoms with Crippen LogP contribution >= 0.6 is 0 Å². The number of hydrogen-bond acceptors (Lipinski definition) is 9. The molecule has 1 saturated heterocycles. The molecule has 0 bridgehead atoms. The minimum atomic E-state index is -3.56. The molecule has 0 saturated carbocycles. The lowest BCUT2D eigenvalue weighted by Crippen LogP contribution is -2.48. The lowest BCUT2D eigenvalue weighted by Gasteiger charge is -2.34. The Morgan fingerprint density at radius 1 is 0.903 bits per heavy atom. The van der Waals surface area contributed by atoms with E-state index < -0.39 is 10.0 Å². The van der Waals surface area contributed by atoms with Crippen molar-refractivity contribution in [3.8, 4) is 23.0 Å². The molecule has 0 amide bonds. The molecule has 4 aromatic rings. The molecule has 31 heavy (non-hydrogen) atoms. The first-order valence-corrected chi connectivity index (χ1v) is 11.0. The van der Waals surface area contributed by atoms with Crippen LogP contribution in [0.1, 0.15) is 0 Å². The zero-order chi connectivity index (χ0) is 21.3. The molecule has 11 heteroatoms. The van der Waals surface area contributed by atoms with Gasteiger partial charge in [0.15, 0.2) is 0 Å². The maximum absolute atomic E-state index is 12.6. The van der Waals surface area contributed by atoms with Crippen LogP contribution in [-0.4, -0.2) is 59.1 Å². The van der Waals surface area contributed by atoms with Crippen molar-refractivity contribution < 1.29 is 17.3 Å². The van der Waals surface area contributed by atoms with Gasteiger partial charge in [0.1, 0.15) is 22.7 Å². The predicted molar refractivity (Wildman–Crippen MR) is 110 cm³/mol. The van der Waals surface area contributed by atoms with E-state index >= 15 is 0 Å². The molecule has 0 atom stereocenters. The van der Waals surface area contributed by atoms with Crippen LogP contribution in [0.2, 0.25) is 0 Å². The van der Waals surface area contributed by atoms with Gasteiger partial charge < -0.3 is 13.7 Å². The molecule has 1 aliphatic heterocycles. The predicted octanol–water partition coefficient (Wildman–Crippen LogP) is 2.30. The van der Waals surface area contributed by atoms with Crippen LogP contribution in [0.4, 0.5) is 5.82 Å². The van der Waals surface area contributed by atoms with E-state index in [0.717, 1.165) is 5.56 Å². The fourth-order valence-corrected chi connectivity index (χ4v) is 4.69. The van der Waals surface area contributed by atoms with Crippen LogP contribution < -0.4 is 4.90 Å². The Kier molecular flexibility index (Phi) is 4.96. The van der Waals surface area contributed by atoms with Gasteiger partial charge in [0.25, 0.3) is 5.89 Å². The number of benzene rings is 1. The molecule has 0 N–H and O–H groups in total. The van der Waals surface area contributed by atoms with Crippen molar-refractivity contribution in [3.05, 3.63) is 61.3 Å². The van der Waals surface area contributed by atoms with Crippen molar-refractivity contribution in [2.24, 2.45) is 0 Å². The Labute approximate surface area is 178 Å². The van der Waals surface area contributed by atoms with Crippen molar-refractivity contribution in [3.63, 3.8) is 0 Å². The molecule has 0 spiro atoms. The Morgan fingerprint density at radius 2 is 1.68 bits per heavy atom. The Hall–Kier alpha value is -3.57. The number of furan rings is 1. The quantitative estimate of drug-likeness (QED) is 0.462. The molecule has 4 heterocycles. The SMILES string of the molecule is O=S(=O)(c1ccoc1)N1CCN(c2cncc(-c3nnc(-c4ccccc4)o3)n2)CC1. The number of sulfonamides is 1.